The molecule has 1 atom stereocenters. The average Bonchev–Trinajstić information content (AvgIpc) is 2.92. The van der Waals surface area contributed by atoms with Crippen LogP contribution in [0.25, 0.3) is 0 Å². The van der Waals surface area contributed by atoms with Gasteiger partial charge < -0.3 is 15.0 Å². The van der Waals surface area contributed by atoms with Crippen LogP contribution < -0.4 is 5.32 Å². The maximum Gasteiger partial charge on any atom is 0.324 e. The van der Waals surface area contributed by atoms with Crippen molar-refractivity contribution in [2.45, 2.75) is 44.7 Å². The molecule has 0 radical (unpaired) electrons. The van der Waals surface area contributed by atoms with Gasteiger partial charge in [0.25, 0.3) is 0 Å². The fourth-order valence-electron chi connectivity index (χ4n) is 2.20. The molecule has 4 heteroatoms. The fourth-order valence-corrected chi connectivity index (χ4v) is 2.20. The average molecular weight is 226 g/mol. The van der Waals surface area contributed by atoms with E-state index in [0.29, 0.717) is 12.6 Å². The summed E-state index contributed by atoms with van der Waals surface area (Å²) in [5.41, 5.74) is 0. The highest BCUT2D eigenvalue weighted by molar-refractivity contribution is 5.76. The van der Waals surface area contributed by atoms with E-state index in [1.807, 2.05) is 6.92 Å². The summed E-state index contributed by atoms with van der Waals surface area (Å²) in [4.78, 5) is 14.1. The van der Waals surface area contributed by atoms with Crippen molar-refractivity contribution >= 4 is 5.97 Å². The molecule has 1 saturated carbocycles. The molecule has 0 aromatic heterocycles. The SMILES string of the molecule is CCOC(=O)C(CN1CCCC1)NC1CC1. The van der Waals surface area contributed by atoms with E-state index < -0.39 is 0 Å². The summed E-state index contributed by atoms with van der Waals surface area (Å²) in [6.45, 7) is 5.41. The number of likely N-dealkylation sites (tertiary alicyclic amines) is 1. The highest BCUT2D eigenvalue weighted by Crippen LogP contribution is 2.20. The van der Waals surface area contributed by atoms with Gasteiger partial charge in [0, 0.05) is 12.6 Å². The molecule has 0 spiro atoms. The first-order valence-corrected chi connectivity index (χ1v) is 6.44. The molecule has 1 N–H and O–H groups in total. The molecule has 92 valence electrons. The molecule has 1 aliphatic heterocycles. The topological polar surface area (TPSA) is 41.6 Å². The number of esters is 1. The molecule has 2 rings (SSSR count). The van der Waals surface area contributed by atoms with Gasteiger partial charge in [-0.25, -0.2) is 0 Å². The Labute approximate surface area is 97.3 Å². The lowest BCUT2D eigenvalue weighted by atomic mass is 10.2. The first-order valence-electron chi connectivity index (χ1n) is 6.44. The second-order valence-electron chi connectivity index (χ2n) is 4.75. The normalized spacial score (nSPS) is 23.3. The minimum Gasteiger partial charge on any atom is -0.465 e. The van der Waals surface area contributed by atoms with Crippen LogP contribution in [0.5, 0.6) is 0 Å². The molecule has 4 nitrogen and oxygen atoms in total. The number of hydrogen-bond donors (Lipinski definition) is 1. The lowest BCUT2D eigenvalue weighted by Crippen LogP contribution is -2.47. The van der Waals surface area contributed by atoms with Crippen molar-refractivity contribution in [3.05, 3.63) is 0 Å². The van der Waals surface area contributed by atoms with Crippen LogP contribution in [0.1, 0.15) is 32.6 Å². The van der Waals surface area contributed by atoms with E-state index in [4.69, 9.17) is 4.74 Å². The molecule has 0 aromatic rings. The van der Waals surface area contributed by atoms with E-state index >= 15 is 0 Å². The number of nitrogens with one attached hydrogen (secondary N) is 1. The van der Waals surface area contributed by atoms with Crippen molar-refractivity contribution in [3.63, 3.8) is 0 Å². The molecule has 16 heavy (non-hydrogen) atoms. The zero-order chi connectivity index (χ0) is 11.4. The highest BCUT2D eigenvalue weighted by atomic mass is 16.5. The lowest BCUT2D eigenvalue weighted by molar-refractivity contribution is -0.146. The van der Waals surface area contributed by atoms with Gasteiger partial charge in [-0.05, 0) is 45.7 Å². The van der Waals surface area contributed by atoms with Crippen molar-refractivity contribution < 1.29 is 9.53 Å². The van der Waals surface area contributed by atoms with Gasteiger partial charge in [-0.2, -0.15) is 0 Å². The molecule has 1 heterocycles. The minimum absolute atomic E-state index is 0.0821. The van der Waals surface area contributed by atoms with E-state index in [1.165, 1.54) is 25.7 Å². The summed E-state index contributed by atoms with van der Waals surface area (Å²) in [5, 5.41) is 3.39. The smallest absolute Gasteiger partial charge is 0.324 e. The Morgan fingerprint density at radius 2 is 2.12 bits per heavy atom. The standard InChI is InChI=1S/C12H22N2O2/c1-2-16-12(15)11(13-10-5-6-10)9-14-7-3-4-8-14/h10-11,13H,2-9H2,1H3. The van der Waals surface area contributed by atoms with Crippen molar-refractivity contribution in [2.24, 2.45) is 0 Å². The third-order valence-electron chi connectivity index (χ3n) is 3.22. The Hall–Kier alpha value is -0.610. The molecule has 0 amide bonds. The Kier molecular flexibility index (Phi) is 4.18. The van der Waals surface area contributed by atoms with Crippen molar-refractivity contribution in [3.8, 4) is 0 Å². The van der Waals surface area contributed by atoms with Gasteiger partial charge in [0.1, 0.15) is 6.04 Å². The van der Waals surface area contributed by atoms with Crippen LogP contribution in [0, 0.1) is 0 Å². The number of nitrogens with zero attached hydrogens (tertiary/aromatic N) is 1. The predicted molar refractivity (Wildman–Crippen MR) is 62.3 cm³/mol. The zero-order valence-corrected chi connectivity index (χ0v) is 10.1. The Morgan fingerprint density at radius 1 is 1.44 bits per heavy atom. The number of rotatable bonds is 6. The van der Waals surface area contributed by atoms with Crippen LogP contribution >= 0.6 is 0 Å². The summed E-state index contributed by atoms with van der Waals surface area (Å²) in [6.07, 6.45) is 4.93. The van der Waals surface area contributed by atoms with Gasteiger partial charge in [0.2, 0.25) is 0 Å². The number of hydrogen-bond acceptors (Lipinski definition) is 4. The first kappa shape index (κ1) is 11.9. The van der Waals surface area contributed by atoms with Crippen LogP contribution in [0.15, 0.2) is 0 Å². The van der Waals surface area contributed by atoms with E-state index in [9.17, 15) is 4.79 Å². The Balaban J connectivity index is 1.81. The van der Waals surface area contributed by atoms with Crippen LogP contribution in [0.3, 0.4) is 0 Å². The minimum atomic E-state index is -0.120. The van der Waals surface area contributed by atoms with Gasteiger partial charge in [-0.15, -0.1) is 0 Å². The molecule has 2 aliphatic rings. The van der Waals surface area contributed by atoms with E-state index in [2.05, 4.69) is 10.2 Å². The third-order valence-corrected chi connectivity index (χ3v) is 3.22. The van der Waals surface area contributed by atoms with Gasteiger partial charge in [-0.3, -0.25) is 4.79 Å². The molecule has 1 unspecified atom stereocenters. The molecular formula is C12H22N2O2. The molecule has 0 aromatic carbocycles. The van der Waals surface area contributed by atoms with Crippen LogP contribution in [0.2, 0.25) is 0 Å². The summed E-state index contributed by atoms with van der Waals surface area (Å²) in [6, 6.07) is 0.433. The van der Waals surface area contributed by atoms with Gasteiger partial charge in [-0.1, -0.05) is 0 Å². The van der Waals surface area contributed by atoms with E-state index in [-0.39, 0.29) is 12.0 Å². The predicted octanol–water partition coefficient (Wildman–Crippen LogP) is 0.766. The van der Waals surface area contributed by atoms with Crippen molar-refractivity contribution in [1.82, 2.24) is 10.2 Å². The monoisotopic (exact) mass is 226 g/mol. The van der Waals surface area contributed by atoms with Gasteiger partial charge in [0.05, 0.1) is 6.61 Å². The molecular weight excluding hydrogens is 204 g/mol. The second kappa shape index (κ2) is 5.64. The Bertz CT molecular complexity index is 235. The summed E-state index contributed by atoms with van der Waals surface area (Å²) < 4.78 is 5.11. The maximum atomic E-state index is 11.8. The highest BCUT2D eigenvalue weighted by Gasteiger charge is 2.30. The number of carbonyl (C=O) groups is 1. The van der Waals surface area contributed by atoms with E-state index in [1.54, 1.807) is 0 Å². The third kappa shape index (κ3) is 3.46. The number of carbonyl (C=O) groups excluding carboxylic acids is 1. The number of ether oxygens (including phenoxy) is 1. The maximum absolute atomic E-state index is 11.8. The largest absolute Gasteiger partial charge is 0.465 e. The summed E-state index contributed by atoms with van der Waals surface area (Å²) in [5.74, 6) is -0.0821. The molecule has 1 saturated heterocycles. The summed E-state index contributed by atoms with van der Waals surface area (Å²) >= 11 is 0. The zero-order valence-electron chi connectivity index (χ0n) is 10.1. The Morgan fingerprint density at radius 3 is 2.69 bits per heavy atom. The van der Waals surface area contributed by atoms with Crippen molar-refractivity contribution in [1.29, 1.82) is 0 Å². The van der Waals surface area contributed by atoms with E-state index in [0.717, 1.165) is 19.6 Å². The summed E-state index contributed by atoms with van der Waals surface area (Å²) in [7, 11) is 0. The van der Waals surface area contributed by atoms with Gasteiger partial charge in [0.15, 0.2) is 0 Å². The van der Waals surface area contributed by atoms with Crippen LogP contribution in [0.4, 0.5) is 0 Å². The fraction of sp³-hybridized carbons (Fsp3) is 0.917. The van der Waals surface area contributed by atoms with Crippen LogP contribution in [-0.2, 0) is 9.53 Å². The second-order valence-corrected chi connectivity index (χ2v) is 4.75. The van der Waals surface area contributed by atoms with Crippen molar-refractivity contribution in [2.75, 3.05) is 26.2 Å². The van der Waals surface area contributed by atoms with Crippen LogP contribution in [-0.4, -0.2) is 49.2 Å². The quantitative estimate of drug-likeness (QED) is 0.679. The molecule has 2 fully saturated rings. The van der Waals surface area contributed by atoms with Gasteiger partial charge >= 0.3 is 5.97 Å². The first-order chi connectivity index (χ1) is 7.79. The lowest BCUT2D eigenvalue weighted by Gasteiger charge is -2.22. The molecule has 1 aliphatic carbocycles. The molecule has 0 bridgehead atoms.